The summed E-state index contributed by atoms with van der Waals surface area (Å²) in [5.41, 5.74) is -0.526. The first-order chi connectivity index (χ1) is 9.38. The molecular weight excluding hydrogens is 334 g/mol. The molecule has 0 saturated carbocycles. The highest BCUT2D eigenvalue weighted by Crippen LogP contribution is 2.23. The minimum Gasteiger partial charge on any atom is -0.326 e. The molecule has 2 N–H and O–H groups in total. The first kappa shape index (κ1) is 14.4. The van der Waals surface area contributed by atoms with Crippen molar-refractivity contribution in [2.45, 2.75) is 6.92 Å². The molecule has 20 heavy (non-hydrogen) atoms. The van der Waals surface area contributed by atoms with Gasteiger partial charge in [-0.05, 0) is 41.1 Å². The van der Waals surface area contributed by atoms with E-state index in [9.17, 15) is 18.4 Å². The number of hydrogen-bond acceptors (Lipinski definition) is 2. The molecule has 0 radical (unpaired) electrons. The molecule has 104 valence electrons. The summed E-state index contributed by atoms with van der Waals surface area (Å²) in [5.74, 6) is -2.35. The average molecular weight is 343 g/mol. The normalized spacial score (nSPS) is 10.4. The summed E-state index contributed by atoms with van der Waals surface area (Å²) >= 11 is 2.83. The molecule has 0 aliphatic carbocycles. The first-order valence-electron chi connectivity index (χ1n) is 5.54. The van der Waals surface area contributed by atoms with Gasteiger partial charge in [-0.1, -0.05) is 0 Å². The fraction of sp³-hybridized carbons (Fsp3) is 0.0769. The maximum Gasteiger partial charge on any atom is 0.261 e. The quantitative estimate of drug-likeness (QED) is 0.824. The third kappa shape index (κ3) is 2.93. The SMILES string of the molecule is Cc1ccc(C(=O)Nc2cc(F)c(Br)cc2F)c(=O)[nH]1. The molecule has 0 unspecified atom stereocenters. The van der Waals surface area contributed by atoms with Crippen molar-refractivity contribution < 1.29 is 13.6 Å². The third-order valence-electron chi connectivity index (χ3n) is 2.56. The van der Waals surface area contributed by atoms with Crippen LogP contribution in [0.5, 0.6) is 0 Å². The summed E-state index contributed by atoms with van der Waals surface area (Å²) in [6.07, 6.45) is 0. The van der Waals surface area contributed by atoms with Crippen molar-refractivity contribution in [2.24, 2.45) is 0 Å². The Bertz CT molecular complexity index is 744. The molecule has 1 amide bonds. The Labute approximate surface area is 121 Å². The lowest BCUT2D eigenvalue weighted by molar-refractivity contribution is 0.102. The lowest BCUT2D eigenvalue weighted by atomic mass is 10.2. The van der Waals surface area contributed by atoms with Gasteiger partial charge in [-0.25, -0.2) is 8.78 Å². The molecule has 2 rings (SSSR count). The minimum absolute atomic E-state index is 0.0545. The molecule has 0 saturated heterocycles. The van der Waals surface area contributed by atoms with Crippen LogP contribution in [0.3, 0.4) is 0 Å². The molecule has 0 atom stereocenters. The number of pyridine rings is 1. The Morgan fingerprint density at radius 2 is 1.95 bits per heavy atom. The zero-order valence-corrected chi connectivity index (χ0v) is 11.8. The van der Waals surface area contributed by atoms with Gasteiger partial charge in [0, 0.05) is 11.8 Å². The Hall–Kier alpha value is -2.02. The van der Waals surface area contributed by atoms with E-state index in [4.69, 9.17) is 0 Å². The van der Waals surface area contributed by atoms with Gasteiger partial charge in [-0.2, -0.15) is 0 Å². The van der Waals surface area contributed by atoms with Gasteiger partial charge in [0.05, 0.1) is 10.2 Å². The van der Waals surface area contributed by atoms with Crippen LogP contribution in [0.25, 0.3) is 0 Å². The van der Waals surface area contributed by atoms with Crippen LogP contribution < -0.4 is 10.9 Å². The molecule has 0 spiro atoms. The second-order valence-electron chi connectivity index (χ2n) is 4.08. The number of anilines is 1. The number of aromatic amines is 1. The number of rotatable bonds is 2. The zero-order chi connectivity index (χ0) is 14.9. The highest BCUT2D eigenvalue weighted by Gasteiger charge is 2.14. The van der Waals surface area contributed by atoms with E-state index >= 15 is 0 Å². The number of amides is 1. The number of halogens is 3. The molecule has 7 heteroatoms. The zero-order valence-electron chi connectivity index (χ0n) is 10.3. The van der Waals surface area contributed by atoms with Crippen molar-refractivity contribution in [1.29, 1.82) is 0 Å². The number of H-pyrrole nitrogens is 1. The van der Waals surface area contributed by atoms with Gasteiger partial charge in [0.15, 0.2) is 0 Å². The molecule has 1 aromatic carbocycles. The van der Waals surface area contributed by atoms with E-state index in [1.807, 2.05) is 0 Å². The number of benzene rings is 1. The predicted octanol–water partition coefficient (Wildman–Crippen LogP) is 2.98. The molecule has 1 heterocycles. The molecule has 0 bridgehead atoms. The standard InChI is InChI=1S/C13H9BrF2N2O2/c1-6-2-3-7(12(19)17-6)13(20)18-11-5-9(15)8(14)4-10(11)16/h2-5H,1H3,(H,17,19)(H,18,20). The second kappa shape index (κ2) is 5.54. The van der Waals surface area contributed by atoms with Gasteiger partial charge in [0.25, 0.3) is 11.5 Å². The second-order valence-corrected chi connectivity index (χ2v) is 4.94. The van der Waals surface area contributed by atoms with E-state index < -0.39 is 23.1 Å². The minimum atomic E-state index is -0.813. The van der Waals surface area contributed by atoms with Gasteiger partial charge in [0.2, 0.25) is 0 Å². The van der Waals surface area contributed by atoms with Crippen molar-refractivity contribution in [1.82, 2.24) is 4.98 Å². The molecule has 0 fully saturated rings. The first-order valence-corrected chi connectivity index (χ1v) is 6.33. The van der Waals surface area contributed by atoms with Crippen molar-refractivity contribution in [3.8, 4) is 0 Å². The van der Waals surface area contributed by atoms with Crippen LogP contribution in [-0.4, -0.2) is 10.9 Å². The lowest BCUT2D eigenvalue weighted by Crippen LogP contribution is -2.23. The van der Waals surface area contributed by atoms with Crippen LogP contribution in [0.15, 0.2) is 33.5 Å². The summed E-state index contributed by atoms with van der Waals surface area (Å²) in [4.78, 5) is 25.9. The van der Waals surface area contributed by atoms with Crippen LogP contribution >= 0.6 is 15.9 Å². The van der Waals surface area contributed by atoms with E-state index in [0.717, 1.165) is 12.1 Å². The van der Waals surface area contributed by atoms with Crippen molar-refractivity contribution in [3.63, 3.8) is 0 Å². The summed E-state index contributed by atoms with van der Waals surface area (Å²) < 4.78 is 26.8. The summed E-state index contributed by atoms with van der Waals surface area (Å²) in [6.45, 7) is 1.66. The molecule has 0 aliphatic rings. The molecule has 2 aromatic rings. The van der Waals surface area contributed by atoms with Crippen LogP contribution in [0.1, 0.15) is 16.1 Å². The Kier molecular flexibility index (Phi) is 3.99. The Morgan fingerprint density at radius 1 is 1.25 bits per heavy atom. The van der Waals surface area contributed by atoms with Crippen molar-refractivity contribution in [3.05, 3.63) is 62.0 Å². The molecule has 1 aromatic heterocycles. The monoisotopic (exact) mass is 342 g/mol. The fourth-order valence-corrected chi connectivity index (χ4v) is 1.87. The third-order valence-corrected chi connectivity index (χ3v) is 3.17. The lowest BCUT2D eigenvalue weighted by Gasteiger charge is -2.07. The predicted molar refractivity (Wildman–Crippen MR) is 73.8 cm³/mol. The number of aromatic nitrogens is 1. The van der Waals surface area contributed by atoms with Crippen LogP contribution in [0.4, 0.5) is 14.5 Å². The largest absolute Gasteiger partial charge is 0.326 e. The molecular formula is C13H9BrF2N2O2. The fourth-order valence-electron chi connectivity index (χ4n) is 1.56. The van der Waals surface area contributed by atoms with Crippen LogP contribution in [0.2, 0.25) is 0 Å². The van der Waals surface area contributed by atoms with Crippen LogP contribution in [-0.2, 0) is 0 Å². The Balaban J connectivity index is 2.33. The molecule has 0 aliphatic heterocycles. The van der Waals surface area contributed by atoms with E-state index in [1.54, 1.807) is 6.92 Å². The van der Waals surface area contributed by atoms with Crippen LogP contribution in [0, 0.1) is 18.6 Å². The highest BCUT2D eigenvalue weighted by molar-refractivity contribution is 9.10. The highest BCUT2D eigenvalue weighted by atomic mass is 79.9. The van der Waals surface area contributed by atoms with Gasteiger partial charge in [-0.15, -0.1) is 0 Å². The average Bonchev–Trinajstić information content (AvgIpc) is 2.35. The summed E-state index contributed by atoms with van der Waals surface area (Å²) in [5, 5.41) is 2.16. The van der Waals surface area contributed by atoms with E-state index in [2.05, 4.69) is 26.2 Å². The van der Waals surface area contributed by atoms with Gasteiger partial charge in [-0.3, -0.25) is 9.59 Å². The van der Waals surface area contributed by atoms with Crippen molar-refractivity contribution >= 4 is 27.5 Å². The topological polar surface area (TPSA) is 62.0 Å². The van der Waals surface area contributed by atoms with Gasteiger partial charge in [0.1, 0.15) is 17.2 Å². The molecule has 4 nitrogen and oxygen atoms in total. The number of nitrogens with one attached hydrogen (secondary N) is 2. The number of carbonyl (C=O) groups excluding carboxylic acids is 1. The van der Waals surface area contributed by atoms with E-state index in [1.165, 1.54) is 12.1 Å². The number of hydrogen-bond donors (Lipinski definition) is 2. The maximum absolute atomic E-state index is 13.6. The summed E-state index contributed by atoms with van der Waals surface area (Å²) in [7, 11) is 0. The smallest absolute Gasteiger partial charge is 0.261 e. The maximum atomic E-state index is 13.6. The van der Waals surface area contributed by atoms with E-state index in [0.29, 0.717) is 5.69 Å². The number of aryl methyl sites for hydroxylation is 1. The summed E-state index contributed by atoms with van der Waals surface area (Å²) in [6, 6.07) is 4.58. The Morgan fingerprint density at radius 3 is 2.60 bits per heavy atom. The van der Waals surface area contributed by atoms with E-state index in [-0.39, 0.29) is 15.7 Å². The van der Waals surface area contributed by atoms with Crippen molar-refractivity contribution in [2.75, 3.05) is 5.32 Å². The van der Waals surface area contributed by atoms with Gasteiger partial charge < -0.3 is 10.3 Å². The van der Waals surface area contributed by atoms with Gasteiger partial charge >= 0.3 is 0 Å². The number of carbonyl (C=O) groups is 1.